The molecule has 0 aromatic heterocycles. The maximum atomic E-state index is 12.8. The van der Waals surface area contributed by atoms with Crippen LogP contribution in [-0.4, -0.2) is 5.75 Å². The van der Waals surface area contributed by atoms with E-state index in [0.717, 1.165) is 5.56 Å². The molecule has 0 amide bonds. The summed E-state index contributed by atoms with van der Waals surface area (Å²) in [6.07, 6.45) is 3.86. The normalized spacial score (nSPS) is 10.9. The van der Waals surface area contributed by atoms with Crippen molar-refractivity contribution in [3.05, 3.63) is 41.2 Å². The monoisotopic (exact) mass is 182 g/mol. The average Bonchev–Trinajstić information content (AvgIpc) is 2.07. The summed E-state index contributed by atoms with van der Waals surface area (Å²) in [5.41, 5.74) is 1.69. The van der Waals surface area contributed by atoms with Crippen LogP contribution >= 0.6 is 12.6 Å². The second-order valence-electron chi connectivity index (χ2n) is 2.59. The van der Waals surface area contributed by atoms with Crippen molar-refractivity contribution in [3.63, 3.8) is 0 Å². The molecule has 0 nitrogen and oxygen atoms in total. The van der Waals surface area contributed by atoms with E-state index in [0.29, 0.717) is 11.3 Å². The number of rotatable bonds is 2. The molecular weight excluding hydrogens is 171 g/mol. The third-order valence-corrected chi connectivity index (χ3v) is 1.81. The maximum Gasteiger partial charge on any atom is 0.126 e. The fourth-order valence-electron chi connectivity index (χ4n) is 0.960. The summed E-state index contributed by atoms with van der Waals surface area (Å²) in [7, 11) is 0. The molecule has 0 heterocycles. The first-order valence-electron chi connectivity index (χ1n) is 3.77. The van der Waals surface area contributed by atoms with Gasteiger partial charge in [0, 0.05) is 5.75 Å². The van der Waals surface area contributed by atoms with Crippen molar-refractivity contribution < 1.29 is 4.39 Å². The predicted molar refractivity (Wildman–Crippen MR) is 54.0 cm³/mol. The molecular formula is C10H11FS. The molecule has 1 aromatic rings. The highest BCUT2D eigenvalue weighted by molar-refractivity contribution is 7.80. The molecule has 0 saturated heterocycles. The summed E-state index contributed by atoms with van der Waals surface area (Å²) >= 11 is 4.04. The smallest absolute Gasteiger partial charge is 0.126 e. The zero-order valence-corrected chi connectivity index (χ0v) is 7.81. The highest BCUT2D eigenvalue weighted by Crippen LogP contribution is 2.10. The lowest BCUT2D eigenvalue weighted by atomic mass is 10.1. The number of aryl methyl sites for hydroxylation is 1. The third kappa shape index (κ3) is 2.38. The van der Waals surface area contributed by atoms with E-state index in [1.807, 2.05) is 18.2 Å². The van der Waals surface area contributed by atoms with Crippen LogP contribution in [0.5, 0.6) is 0 Å². The summed E-state index contributed by atoms with van der Waals surface area (Å²) in [6, 6.07) is 5.05. The second kappa shape index (κ2) is 4.31. The summed E-state index contributed by atoms with van der Waals surface area (Å²) in [5, 5.41) is 0. The Morgan fingerprint density at radius 1 is 1.50 bits per heavy atom. The van der Waals surface area contributed by atoms with Gasteiger partial charge in [0.2, 0.25) is 0 Å². The maximum absolute atomic E-state index is 12.8. The van der Waals surface area contributed by atoms with E-state index in [1.54, 1.807) is 13.0 Å². The Balaban J connectivity index is 2.89. The number of halogens is 1. The highest BCUT2D eigenvalue weighted by Gasteiger charge is 1.95. The highest BCUT2D eigenvalue weighted by atomic mass is 32.1. The van der Waals surface area contributed by atoms with Crippen molar-refractivity contribution in [2.24, 2.45) is 0 Å². The molecule has 0 fully saturated rings. The number of hydrogen-bond acceptors (Lipinski definition) is 1. The summed E-state index contributed by atoms with van der Waals surface area (Å²) in [6.45, 7) is 1.76. The molecule has 1 rings (SSSR count). The van der Waals surface area contributed by atoms with Crippen LogP contribution in [0.2, 0.25) is 0 Å². The van der Waals surface area contributed by atoms with Crippen LogP contribution in [0, 0.1) is 12.7 Å². The van der Waals surface area contributed by atoms with Crippen molar-refractivity contribution in [1.82, 2.24) is 0 Å². The van der Waals surface area contributed by atoms with Gasteiger partial charge in [-0.2, -0.15) is 12.6 Å². The van der Waals surface area contributed by atoms with Crippen molar-refractivity contribution in [1.29, 1.82) is 0 Å². The van der Waals surface area contributed by atoms with Gasteiger partial charge in [-0.3, -0.25) is 0 Å². The Labute approximate surface area is 77.5 Å². The zero-order valence-electron chi connectivity index (χ0n) is 6.92. The van der Waals surface area contributed by atoms with Gasteiger partial charge in [0.15, 0.2) is 0 Å². The van der Waals surface area contributed by atoms with E-state index in [-0.39, 0.29) is 5.82 Å². The van der Waals surface area contributed by atoms with Gasteiger partial charge < -0.3 is 0 Å². The van der Waals surface area contributed by atoms with Gasteiger partial charge in [-0.25, -0.2) is 4.39 Å². The van der Waals surface area contributed by atoms with Crippen LogP contribution in [-0.2, 0) is 0 Å². The van der Waals surface area contributed by atoms with Crippen molar-refractivity contribution in [2.45, 2.75) is 6.92 Å². The van der Waals surface area contributed by atoms with Gasteiger partial charge in [-0.1, -0.05) is 18.2 Å². The van der Waals surface area contributed by atoms with Crippen molar-refractivity contribution >= 4 is 18.7 Å². The molecule has 0 N–H and O–H groups in total. The van der Waals surface area contributed by atoms with Gasteiger partial charge in [0.1, 0.15) is 5.82 Å². The van der Waals surface area contributed by atoms with E-state index < -0.39 is 0 Å². The fraction of sp³-hybridized carbons (Fsp3) is 0.200. The van der Waals surface area contributed by atoms with E-state index >= 15 is 0 Å². The Morgan fingerprint density at radius 3 is 2.83 bits per heavy atom. The topological polar surface area (TPSA) is 0 Å². The van der Waals surface area contributed by atoms with Crippen molar-refractivity contribution in [3.8, 4) is 0 Å². The van der Waals surface area contributed by atoms with Crippen LogP contribution in [0.3, 0.4) is 0 Å². The quantitative estimate of drug-likeness (QED) is 0.668. The third-order valence-electron chi connectivity index (χ3n) is 1.60. The fourth-order valence-corrected chi connectivity index (χ4v) is 1.07. The van der Waals surface area contributed by atoms with E-state index in [4.69, 9.17) is 0 Å². The van der Waals surface area contributed by atoms with E-state index in [1.165, 1.54) is 6.07 Å². The SMILES string of the molecule is Cc1cc(C=CCS)ccc1F. The average molecular weight is 182 g/mol. The first-order valence-corrected chi connectivity index (χ1v) is 4.41. The largest absolute Gasteiger partial charge is 0.207 e. The summed E-state index contributed by atoms with van der Waals surface area (Å²) < 4.78 is 12.8. The predicted octanol–water partition coefficient (Wildman–Crippen LogP) is 3.08. The Morgan fingerprint density at radius 2 is 2.25 bits per heavy atom. The van der Waals surface area contributed by atoms with Gasteiger partial charge in [0.25, 0.3) is 0 Å². The molecule has 12 heavy (non-hydrogen) atoms. The molecule has 0 spiro atoms. The first-order chi connectivity index (χ1) is 5.74. The molecule has 0 aliphatic rings. The summed E-state index contributed by atoms with van der Waals surface area (Å²) in [5.74, 6) is 0.550. The minimum atomic E-state index is -0.155. The Hall–Kier alpha value is -0.760. The van der Waals surface area contributed by atoms with E-state index in [9.17, 15) is 4.39 Å². The molecule has 2 heteroatoms. The lowest BCUT2D eigenvalue weighted by Gasteiger charge is -1.97. The molecule has 0 aliphatic carbocycles. The minimum Gasteiger partial charge on any atom is -0.207 e. The van der Waals surface area contributed by atoms with Crippen LogP contribution in [0.15, 0.2) is 24.3 Å². The summed E-state index contributed by atoms with van der Waals surface area (Å²) in [4.78, 5) is 0. The first kappa shape index (κ1) is 9.33. The van der Waals surface area contributed by atoms with E-state index in [2.05, 4.69) is 12.6 Å². The molecule has 0 radical (unpaired) electrons. The Kier molecular flexibility index (Phi) is 3.35. The number of benzene rings is 1. The lowest BCUT2D eigenvalue weighted by molar-refractivity contribution is 0.618. The van der Waals surface area contributed by atoms with Gasteiger partial charge in [-0.05, 0) is 30.2 Å². The van der Waals surface area contributed by atoms with Gasteiger partial charge in [0.05, 0.1) is 0 Å². The number of hydrogen-bond donors (Lipinski definition) is 1. The molecule has 0 unspecified atom stereocenters. The molecule has 64 valence electrons. The molecule has 0 atom stereocenters. The lowest BCUT2D eigenvalue weighted by Crippen LogP contribution is -1.82. The minimum absolute atomic E-state index is 0.155. The van der Waals surface area contributed by atoms with Crippen LogP contribution < -0.4 is 0 Å². The molecule has 0 saturated carbocycles. The second-order valence-corrected chi connectivity index (χ2v) is 2.96. The molecule has 0 bridgehead atoms. The molecule has 1 aromatic carbocycles. The van der Waals surface area contributed by atoms with Gasteiger partial charge in [-0.15, -0.1) is 0 Å². The molecule has 0 aliphatic heterocycles. The van der Waals surface area contributed by atoms with Crippen LogP contribution in [0.25, 0.3) is 6.08 Å². The van der Waals surface area contributed by atoms with Crippen LogP contribution in [0.4, 0.5) is 4.39 Å². The standard InChI is InChI=1S/C10H11FS/c1-8-7-9(3-2-6-12)4-5-10(8)11/h2-5,7,12H,6H2,1H3. The Bertz CT molecular complexity index is 292. The van der Waals surface area contributed by atoms with Crippen LogP contribution in [0.1, 0.15) is 11.1 Å². The number of thiol groups is 1. The van der Waals surface area contributed by atoms with Crippen molar-refractivity contribution in [2.75, 3.05) is 5.75 Å². The zero-order chi connectivity index (χ0) is 8.97. The van der Waals surface area contributed by atoms with Gasteiger partial charge >= 0.3 is 0 Å².